The van der Waals surface area contributed by atoms with Gasteiger partial charge in [-0.2, -0.15) is 5.26 Å². The first kappa shape index (κ1) is 14.2. The van der Waals surface area contributed by atoms with Crippen LogP contribution in [0.1, 0.15) is 5.56 Å². The fraction of sp³-hybridized carbons (Fsp3) is 0.294. The van der Waals surface area contributed by atoms with E-state index in [-0.39, 0.29) is 0 Å². The SMILES string of the molecule is COc1cccc(N2CCN(c3cc(C#N)ccn3)CC2)c1. The van der Waals surface area contributed by atoms with Crippen molar-refractivity contribution in [1.29, 1.82) is 5.26 Å². The molecule has 2 heterocycles. The first-order valence-electron chi connectivity index (χ1n) is 7.30. The highest BCUT2D eigenvalue weighted by Crippen LogP contribution is 2.23. The van der Waals surface area contributed by atoms with E-state index in [9.17, 15) is 0 Å². The van der Waals surface area contributed by atoms with Gasteiger partial charge in [-0.15, -0.1) is 0 Å². The van der Waals surface area contributed by atoms with E-state index >= 15 is 0 Å². The summed E-state index contributed by atoms with van der Waals surface area (Å²) in [5, 5.41) is 8.98. The lowest BCUT2D eigenvalue weighted by Gasteiger charge is -2.36. The number of benzene rings is 1. The highest BCUT2D eigenvalue weighted by Gasteiger charge is 2.18. The lowest BCUT2D eigenvalue weighted by Crippen LogP contribution is -2.46. The lowest BCUT2D eigenvalue weighted by molar-refractivity contribution is 0.414. The molecular formula is C17H18N4O. The molecule has 0 amide bonds. The predicted molar refractivity (Wildman–Crippen MR) is 86.4 cm³/mol. The molecule has 1 aromatic carbocycles. The molecule has 1 saturated heterocycles. The molecule has 22 heavy (non-hydrogen) atoms. The molecule has 112 valence electrons. The molecule has 0 atom stereocenters. The molecule has 1 aliphatic rings. The van der Waals surface area contributed by atoms with Gasteiger partial charge in [0.1, 0.15) is 11.6 Å². The van der Waals surface area contributed by atoms with Gasteiger partial charge in [0, 0.05) is 44.1 Å². The summed E-state index contributed by atoms with van der Waals surface area (Å²) in [5.41, 5.74) is 1.83. The van der Waals surface area contributed by atoms with Crippen molar-refractivity contribution >= 4 is 11.5 Å². The second-order valence-electron chi connectivity index (χ2n) is 5.19. The van der Waals surface area contributed by atoms with Crippen LogP contribution in [0.4, 0.5) is 11.5 Å². The average Bonchev–Trinajstić information content (AvgIpc) is 2.62. The fourth-order valence-electron chi connectivity index (χ4n) is 2.66. The van der Waals surface area contributed by atoms with Crippen LogP contribution < -0.4 is 14.5 Å². The van der Waals surface area contributed by atoms with Crippen molar-refractivity contribution < 1.29 is 4.74 Å². The zero-order valence-corrected chi connectivity index (χ0v) is 12.6. The van der Waals surface area contributed by atoms with Gasteiger partial charge in [0.2, 0.25) is 0 Å². The number of hydrogen-bond acceptors (Lipinski definition) is 5. The Morgan fingerprint density at radius 2 is 1.86 bits per heavy atom. The number of nitrogens with zero attached hydrogens (tertiary/aromatic N) is 4. The number of piperazine rings is 1. The predicted octanol–water partition coefficient (Wildman–Crippen LogP) is 2.29. The van der Waals surface area contributed by atoms with Crippen molar-refractivity contribution in [3.63, 3.8) is 0 Å². The minimum absolute atomic E-state index is 0.653. The monoisotopic (exact) mass is 294 g/mol. The summed E-state index contributed by atoms with van der Waals surface area (Å²) in [6, 6.07) is 13.9. The van der Waals surface area contributed by atoms with Gasteiger partial charge in [-0.25, -0.2) is 4.98 Å². The normalized spacial score (nSPS) is 14.5. The van der Waals surface area contributed by atoms with Crippen molar-refractivity contribution in [3.05, 3.63) is 48.2 Å². The largest absolute Gasteiger partial charge is 0.497 e. The molecule has 3 rings (SSSR count). The van der Waals surface area contributed by atoms with Crippen LogP contribution in [0.25, 0.3) is 0 Å². The van der Waals surface area contributed by atoms with Gasteiger partial charge in [0.05, 0.1) is 18.7 Å². The van der Waals surface area contributed by atoms with Gasteiger partial charge in [0.25, 0.3) is 0 Å². The van der Waals surface area contributed by atoms with Crippen LogP contribution in [0.3, 0.4) is 0 Å². The van der Waals surface area contributed by atoms with E-state index in [0.29, 0.717) is 5.56 Å². The third-order valence-electron chi connectivity index (χ3n) is 3.90. The van der Waals surface area contributed by atoms with Gasteiger partial charge in [0.15, 0.2) is 0 Å². The quantitative estimate of drug-likeness (QED) is 0.869. The maximum absolute atomic E-state index is 8.98. The van der Waals surface area contributed by atoms with Crippen LogP contribution in [0.2, 0.25) is 0 Å². The topological polar surface area (TPSA) is 52.4 Å². The molecule has 1 aliphatic heterocycles. The van der Waals surface area contributed by atoms with Crippen molar-refractivity contribution in [2.24, 2.45) is 0 Å². The minimum Gasteiger partial charge on any atom is -0.497 e. The van der Waals surface area contributed by atoms with Gasteiger partial charge < -0.3 is 14.5 Å². The maximum Gasteiger partial charge on any atom is 0.129 e. The van der Waals surface area contributed by atoms with Crippen molar-refractivity contribution in [1.82, 2.24) is 4.98 Å². The molecule has 0 spiro atoms. The summed E-state index contributed by atoms with van der Waals surface area (Å²) in [6.45, 7) is 3.62. The third kappa shape index (κ3) is 2.96. The molecule has 5 heteroatoms. The van der Waals surface area contributed by atoms with Crippen LogP contribution in [0, 0.1) is 11.3 Å². The number of aromatic nitrogens is 1. The summed E-state index contributed by atoms with van der Waals surface area (Å²) in [5.74, 6) is 1.76. The first-order chi connectivity index (χ1) is 10.8. The van der Waals surface area contributed by atoms with Crippen molar-refractivity contribution in [2.75, 3.05) is 43.1 Å². The number of ether oxygens (including phenoxy) is 1. The van der Waals surface area contributed by atoms with Gasteiger partial charge >= 0.3 is 0 Å². The highest BCUT2D eigenvalue weighted by atomic mass is 16.5. The molecule has 2 aromatic rings. The van der Waals surface area contributed by atoms with E-state index < -0.39 is 0 Å². The Morgan fingerprint density at radius 1 is 1.09 bits per heavy atom. The number of hydrogen-bond donors (Lipinski definition) is 0. The summed E-state index contributed by atoms with van der Waals surface area (Å²) >= 11 is 0. The van der Waals surface area contributed by atoms with E-state index in [0.717, 1.165) is 37.7 Å². The Kier molecular flexibility index (Phi) is 4.10. The zero-order chi connectivity index (χ0) is 15.4. The Balaban J connectivity index is 1.68. The molecule has 0 unspecified atom stereocenters. The molecule has 0 radical (unpaired) electrons. The smallest absolute Gasteiger partial charge is 0.129 e. The summed E-state index contributed by atoms with van der Waals surface area (Å²) in [4.78, 5) is 8.93. The maximum atomic E-state index is 8.98. The van der Waals surface area contributed by atoms with Gasteiger partial charge in [-0.3, -0.25) is 0 Å². The number of rotatable bonds is 3. The molecule has 1 aromatic heterocycles. The zero-order valence-electron chi connectivity index (χ0n) is 12.6. The lowest BCUT2D eigenvalue weighted by atomic mass is 10.2. The van der Waals surface area contributed by atoms with Crippen LogP contribution in [-0.2, 0) is 0 Å². The molecule has 0 saturated carbocycles. The number of anilines is 2. The van der Waals surface area contributed by atoms with Crippen molar-refractivity contribution in [2.45, 2.75) is 0 Å². The summed E-state index contributed by atoms with van der Waals surface area (Å²) < 4.78 is 5.28. The Morgan fingerprint density at radius 3 is 2.59 bits per heavy atom. The Hall–Kier alpha value is -2.74. The number of nitriles is 1. The highest BCUT2D eigenvalue weighted by molar-refractivity contribution is 5.53. The van der Waals surface area contributed by atoms with Crippen LogP contribution in [0.15, 0.2) is 42.6 Å². The van der Waals surface area contributed by atoms with Crippen molar-refractivity contribution in [3.8, 4) is 11.8 Å². The Labute approximate surface area is 130 Å². The van der Waals surface area contributed by atoms with Crippen LogP contribution in [-0.4, -0.2) is 38.3 Å². The van der Waals surface area contributed by atoms with E-state index in [4.69, 9.17) is 10.00 Å². The number of methoxy groups -OCH3 is 1. The molecule has 0 N–H and O–H groups in total. The standard InChI is InChI=1S/C17H18N4O/c1-22-16-4-2-3-15(12-16)20-7-9-21(10-8-20)17-11-14(13-18)5-6-19-17/h2-6,11-12H,7-10H2,1H3. The van der Waals surface area contributed by atoms with E-state index in [1.54, 1.807) is 19.4 Å². The Bertz CT molecular complexity index is 687. The van der Waals surface area contributed by atoms with E-state index in [1.165, 1.54) is 5.69 Å². The third-order valence-corrected chi connectivity index (χ3v) is 3.90. The van der Waals surface area contributed by atoms with Crippen LogP contribution >= 0.6 is 0 Å². The molecule has 5 nitrogen and oxygen atoms in total. The van der Waals surface area contributed by atoms with Gasteiger partial charge in [-0.05, 0) is 24.3 Å². The first-order valence-corrected chi connectivity index (χ1v) is 7.30. The minimum atomic E-state index is 0.653. The van der Waals surface area contributed by atoms with Crippen LogP contribution in [0.5, 0.6) is 5.75 Å². The van der Waals surface area contributed by atoms with E-state index in [1.807, 2.05) is 18.2 Å². The molecule has 0 bridgehead atoms. The van der Waals surface area contributed by atoms with E-state index in [2.05, 4.69) is 33.0 Å². The molecular weight excluding hydrogens is 276 g/mol. The van der Waals surface area contributed by atoms with Gasteiger partial charge in [-0.1, -0.05) is 6.07 Å². The molecule has 0 aliphatic carbocycles. The number of pyridine rings is 1. The second-order valence-corrected chi connectivity index (χ2v) is 5.19. The molecule has 1 fully saturated rings. The summed E-state index contributed by atoms with van der Waals surface area (Å²) in [7, 11) is 1.69. The summed E-state index contributed by atoms with van der Waals surface area (Å²) in [6.07, 6.45) is 1.70. The fourth-order valence-corrected chi connectivity index (χ4v) is 2.66. The second kappa shape index (κ2) is 6.35. The average molecular weight is 294 g/mol.